The highest BCUT2D eigenvalue weighted by Crippen LogP contribution is 2.35. The summed E-state index contributed by atoms with van der Waals surface area (Å²) in [4.78, 5) is 2.73. The number of likely N-dealkylation sites (N-methyl/N-ethyl adjacent to an activating group) is 1. The van der Waals surface area contributed by atoms with Gasteiger partial charge < -0.3 is 5.32 Å². The minimum atomic E-state index is 0.947. The standard InChI is InChI=1S/C12H24N2/c1-2-13-8-10-14-9-7-11-5-3-4-6-12(11)14/h11-13H,2-10H2,1H3. The molecule has 1 saturated heterocycles. The van der Waals surface area contributed by atoms with Crippen LogP contribution in [0.4, 0.5) is 0 Å². The van der Waals surface area contributed by atoms with Crippen LogP contribution in [0.2, 0.25) is 0 Å². The van der Waals surface area contributed by atoms with Crippen molar-refractivity contribution in [2.24, 2.45) is 5.92 Å². The van der Waals surface area contributed by atoms with Crippen molar-refractivity contribution in [1.82, 2.24) is 10.2 Å². The summed E-state index contributed by atoms with van der Waals surface area (Å²) in [7, 11) is 0. The van der Waals surface area contributed by atoms with Gasteiger partial charge in [-0.05, 0) is 38.3 Å². The molecule has 1 heterocycles. The summed E-state index contributed by atoms with van der Waals surface area (Å²) < 4.78 is 0. The van der Waals surface area contributed by atoms with Crippen LogP contribution >= 0.6 is 0 Å². The quantitative estimate of drug-likeness (QED) is 0.690. The minimum absolute atomic E-state index is 0.947. The van der Waals surface area contributed by atoms with Gasteiger partial charge in [0.25, 0.3) is 0 Å². The molecular formula is C12H24N2. The summed E-state index contributed by atoms with van der Waals surface area (Å²) >= 11 is 0. The second kappa shape index (κ2) is 5.13. The van der Waals surface area contributed by atoms with Gasteiger partial charge in [0.2, 0.25) is 0 Å². The Bertz CT molecular complexity index is 170. The van der Waals surface area contributed by atoms with E-state index in [-0.39, 0.29) is 0 Å². The van der Waals surface area contributed by atoms with Gasteiger partial charge in [-0.2, -0.15) is 0 Å². The summed E-state index contributed by atoms with van der Waals surface area (Å²) in [5.74, 6) is 1.05. The number of nitrogens with zero attached hydrogens (tertiary/aromatic N) is 1. The minimum Gasteiger partial charge on any atom is -0.316 e. The van der Waals surface area contributed by atoms with Crippen molar-refractivity contribution in [3.8, 4) is 0 Å². The maximum absolute atomic E-state index is 3.43. The Labute approximate surface area is 88.1 Å². The van der Waals surface area contributed by atoms with Crippen molar-refractivity contribution in [3.05, 3.63) is 0 Å². The molecule has 2 aliphatic rings. The van der Waals surface area contributed by atoms with Crippen molar-refractivity contribution in [2.75, 3.05) is 26.2 Å². The molecule has 2 rings (SSSR count). The van der Waals surface area contributed by atoms with Gasteiger partial charge in [-0.3, -0.25) is 4.90 Å². The predicted molar refractivity (Wildman–Crippen MR) is 60.5 cm³/mol. The molecule has 0 radical (unpaired) electrons. The first kappa shape index (κ1) is 10.4. The van der Waals surface area contributed by atoms with E-state index in [4.69, 9.17) is 0 Å². The monoisotopic (exact) mass is 196 g/mol. The van der Waals surface area contributed by atoms with Crippen LogP contribution in [-0.4, -0.2) is 37.1 Å². The van der Waals surface area contributed by atoms with Gasteiger partial charge >= 0.3 is 0 Å². The Hall–Kier alpha value is -0.0800. The number of hydrogen-bond donors (Lipinski definition) is 1. The van der Waals surface area contributed by atoms with E-state index in [0.29, 0.717) is 0 Å². The molecule has 0 amide bonds. The molecular weight excluding hydrogens is 172 g/mol. The second-order valence-corrected chi connectivity index (χ2v) is 4.79. The number of rotatable bonds is 4. The molecule has 2 heteroatoms. The molecule has 1 aliphatic heterocycles. The first-order valence-corrected chi connectivity index (χ1v) is 6.36. The zero-order chi connectivity index (χ0) is 9.80. The summed E-state index contributed by atoms with van der Waals surface area (Å²) in [5, 5.41) is 3.43. The van der Waals surface area contributed by atoms with Gasteiger partial charge in [-0.1, -0.05) is 19.8 Å². The fraction of sp³-hybridized carbons (Fsp3) is 1.00. The van der Waals surface area contributed by atoms with Gasteiger partial charge in [0.15, 0.2) is 0 Å². The fourth-order valence-electron chi connectivity index (χ4n) is 3.18. The third-order valence-corrected chi connectivity index (χ3v) is 3.95. The highest BCUT2D eigenvalue weighted by molar-refractivity contribution is 4.89. The van der Waals surface area contributed by atoms with E-state index in [0.717, 1.165) is 18.5 Å². The largest absolute Gasteiger partial charge is 0.316 e. The number of hydrogen-bond acceptors (Lipinski definition) is 2. The molecule has 1 saturated carbocycles. The van der Waals surface area contributed by atoms with Crippen LogP contribution in [0.3, 0.4) is 0 Å². The summed E-state index contributed by atoms with van der Waals surface area (Å²) in [6, 6.07) is 0.947. The van der Waals surface area contributed by atoms with E-state index in [1.54, 1.807) is 0 Å². The van der Waals surface area contributed by atoms with E-state index in [1.165, 1.54) is 51.7 Å². The number of nitrogens with one attached hydrogen (secondary N) is 1. The van der Waals surface area contributed by atoms with Crippen LogP contribution in [-0.2, 0) is 0 Å². The predicted octanol–water partition coefficient (Wildman–Crippen LogP) is 1.86. The van der Waals surface area contributed by atoms with Crippen LogP contribution in [0.5, 0.6) is 0 Å². The normalized spacial score (nSPS) is 33.2. The Morgan fingerprint density at radius 1 is 1.21 bits per heavy atom. The van der Waals surface area contributed by atoms with E-state index >= 15 is 0 Å². The summed E-state index contributed by atoms with van der Waals surface area (Å²) in [6.07, 6.45) is 7.40. The van der Waals surface area contributed by atoms with Crippen LogP contribution < -0.4 is 5.32 Å². The maximum Gasteiger partial charge on any atom is 0.0124 e. The number of likely N-dealkylation sites (tertiary alicyclic amines) is 1. The van der Waals surface area contributed by atoms with Gasteiger partial charge in [-0.25, -0.2) is 0 Å². The Morgan fingerprint density at radius 2 is 2.07 bits per heavy atom. The Balaban J connectivity index is 1.76. The smallest absolute Gasteiger partial charge is 0.0124 e. The second-order valence-electron chi connectivity index (χ2n) is 4.79. The average Bonchev–Trinajstić information content (AvgIpc) is 2.63. The van der Waals surface area contributed by atoms with Gasteiger partial charge in [0, 0.05) is 19.1 Å². The molecule has 2 unspecified atom stereocenters. The molecule has 1 aliphatic carbocycles. The molecule has 2 nitrogen and oxygen atoms in total. The molecule has 82 valence electrons. The van der Waals surface area contributed by atoms with Gasteiger partial charge in [0.1, 0.15) is 0 Å². The Kier molecular flexibility index (Phi) is 3.82. The van der Waals surface area contributed by atoms with Crippen molar-refractivity contribution in [2.45, 2.75) is 45.1 Å². The van der Waals surface area contributed by atoms with E-state index in [2.05, 4.69) is 17.1 Å². The SMILES string of the molecule is CCNCCN1CCC2CCCCC21. The zero-order valence-corrected chi connectivity index (χ0v) is 9.47. The molecule has 2 atom stereocenters. The third kappa shape index (κ3) is 2.29. The highest BCUT2D eigenvalue weighted by atomic mass is 15.2. The van der Waals surface area contributed by atoms with E-state index in [9.17, 15) is 0 Å². The van der Waals surface area contributed by atoms with Gasteiger partial charge in [-0.15, -0.1) is 0 Å². The fourth-order valence-corrected chi connectivity index (χ4v) is 3.18. The van der Waals surface area contributed by atoms with Crippen LogP contribution in [0.25, 0.3) is 0 Å². The van der Waals surface area contributed by atoms with Crippen LogP contribution in [0.15, 0.2) is 0 Å². The van der Waals surface area contributed by atoms with Crippen molar-refractivity contribution < 1.29 is 0 Å². The lowest BCUT2D eigenvalue weighted by Gasteiger charge is -2.31. The molecule has 0 aromatic rings. The average molecular weight is 196 g/mol. The third-order valence-electron chi connectivity index (χ3n) is 3.95. The van der Waals surface area contributed by atoms with E-state index < -0.39 is 0 Å². The Morgan fingerprint density at radius 3 is 2.93 bits per heavy atom. The molecule has 2 fully saturated rings. The first-order chi connectivity index (χ1) is 6.92. The van der Waals surface area contributed by atoms with E-state index in [1.807, 2.05) is 0 Å². The molecule has 14 heavy (non-hydrogen) atoms. The van der Waals surface area contributed by atoms with Crippen molar-refractivity contribution >= 4 is 0 Å². The lowest BCUT2D eigenvalue weighted by atomic mass is 9.85. The lowest BCUT2D eigenvalue weighted by molar-refractivity contribution is 0.183. The topological polar surface area (TPSA) is 15.3 Å². The molecule has 0 aromatic carbocycles. The zero-order valence-electron chi connectivity index (χ0n) is 9.47. The number of fused-ring (bicyclic) bond motifs is 1. The van der Waals surface area contributed by atoms with Crippen molar-refractivity contribution in [3.63, 3.8) is 0 Å². The maximum atomic E-state index is 3.43. The summed E-state index contributed by atoms with van der Waals surface area (Å²) in [5.41, 5.74) is 0. The molecule has 1 N–H and O–H groups in total. The summed E-state index contributed by atoms with van der Waals surface area (Å²) in [6.45, 7) is 7.12. The highest BCUT2D eigenvalue weighted by Gasteiger charge is 2.34. The molecule has 0 spiro atoms. The molecule has 0 aromatic heterocycles. The van der Waals surface area contributed by atoms with Crippen LogP contribution in [0, 0.1) is 5.92 Å². The van der Waals surface area contributed by atoms with Gasteiger partial charge in [0.05, 0.1) is 0 Å². The van der Waals surface area contributed by atoms with Crippen molar-refractivity contribution in [1.29, 1.82) is 0 Å². The first-order valence-electron chi connectivity index (χ1n) is 6.36. The molecule has 0 bridgehead atoms. The lowest BCUT2D eigenvalue weighted by Crippen LogP contribution is -2.38. The van der Waals surface area contributed by atoms with Crippen LogP contribution in [0.1, 0.15) is 39.0 Å².